The van der Waals surface area contributed by atoms with E-state index in [2.05, 4.69) is 45.6 Å². The second-order valence-electron chi connectivity index (χ2n) is 3.22. The average molecular weight is 251 g/mol. The molecule has 64 valence electrons. The van der Waals surface area contributed by atoms with Crippen LogP contribution in [-0.2, 0) is 6.42 Å². The highest BCUT2D eigenvalue weighted by Gasteiger charge is 2.21. The third kappa shape index (κ3) is 1.02. The second-order valence-corrected chi connectivity index (χ2v) is 5.03. The van der Waals surface area contributed by atoms with Crippen LogP contribution in [0.5, 0.6) is 0 Å². The third-order valence-corrected chi connectivity index (χ3v) is 4.38. The molecule has 0 aliphatic heterocycles. The van der Waals surface area contributed by atoms with Gasteiger partial charge >= 0.3 is 0 Å². The van der Waals surface area contributed by atoms with Crippen molar-refractivity contribution in [3.63, 3.8) is 0 Å². The van der Waals surface area contributed by atoms with E-state index in [4.69, 9.17) is 0 Å². The number of rotatable bonds is 0. The van der Waals surface area contributed by atoms with Gasteiger partial charge in [0.1, 0.15) is 0 Å². The molecule has 0 fully saturated rings. The van der Waals surface area contributed by atoms with Gasteiger partial charge in [-0.25, -0.2) is 0 Å². The normalized spacial score (nSPS) is 12.7. The first-order valence-electron chi connectivity index (χ1n) is 4.20. The first-order valence-corrected chi connectivity index (χ1v) is 5.87. The number of halogens is 1. The van der Waals surface area contributed by atoms with E-state index in [1.54, 1.807) is 0 Å². The van der Waals surface area contributed by atoms with Gasteiger partial charge in [-0.15, -0.1) is 11.3 Å². The molecule has 0 nitrogen and oxygen atoms in total. The molecule has 2 heteroatoms. The van der Waals surface area contributed by atoms with Crippen molar-refractivity contribution in [3.8, 4) is 11.1 Å². The maximum atomic E-state index is 3.60. The highest BCUT2D eigenvalue weighted by atomic mass is 79.9. The first-order chi connectivity index (χ1) is 6.36. The minimum atomic E-state index is 1.11. The summed E-state index contributed by atoms with van der Waals surface area (Å²) in [6.45, 7) is 0. The van der Waals surface area contributed by atoms with Crippen molar-refractivity contribution >= 4 is 27.3 Å². The largest absolute Gasteiger partial charge is 0.147 e. The van der Waals surface area contributed by atoms with E-state index in [-0.39, 0.29) is 0 Å². The van der Waals surface area contributed by atoms with E-state index < -0.39 is 0 Å². The molecule has 0 spiro atoms. The van der Waals surface area contributed by atoms with Gasteiger partial charge in [0, 0.05) is 26.7 Å². The Balaban J connectivity index is 2.35. The van der Waals surface area contributed by atoms with Crippen molar-refractivity contribution in [2.24, 2.45) is 0 Å². The zero-order valence-corrected chi connectivity index (χ0v) is 9.28. The summed E-state index contributed by atoms with van der Waals surface area (Å²) in [6.07, 6.45) is 1.11. The van der Waals surface area contributed by atoms with Crippen molar-refractivity contribution in [1.29, 1.82) is 0 Å². The summed E-state index contributed by atoms with van der Waals surface area (Å²) in [5.41, 5.74) is 4.29. The van der Waals surface area contributed by atoms with Crippen molar-refractivity contribution in [1.82, 2.24) is 0 Å². The Hall–Kier alpha value is -0.600. The lowest BCUT2D eigenvalue weighted by atomic mass is 10.1. The van der Waals surface area contributed by atoms with Gasteiger partial charge in [-0.3, -0.25) is 0 Å². The van der Waals surface area contributed by atoms with Crippen LogP contribution in [0.4, 0.5) is 0 Å². The van der Waals surface area contributed by atoms with Gasteiger partial charge in [-0.05, 0) is 27.1 Å². The van der Waals surface area contributed by atoms with Crippen LogP contribution in [-0.4, -0.2) is 0 Å². The Morgan fingerprint density at radius 1 is 1.23 bits per heavy atom. The zero-order valence-electron chi connectivity index (χ0n) is 6.88. The van der Waals surface area contributed by atoms with Crippen LogP contribution in [0, 0.1) is 0 Å². The van der Waals surface area contributed by atoms with E-state index in [1.165, 1.54) is 26.0 Å². The number of hydrogen-bond acceptors (Lipinski definition) is 1. The number of thiophene rings is 1. The van der Waals surface area contributed by atoms with Crippen molar-refractivity contribution in [2.45, 2.75) is 6.42 Å². The van der Waals surface area contributed by atoms with Gasteiger partial charge in [0.15, 0.2) is 0 Å². The summed E-state index contributed by atoms with van der Waals surface area (Å²) in [7, 11) is 0. The predicted octanol–water partition coefficient (Wildman–Crippen LogP) is 4.08. The minimum Gasteiger partial charge on any atom is -0.147 e. The topological polar surface area (TPSA) is 0 Å². The molecule has 0 radical (unpaired) electrons. The van der Waals surface area contributed by atoms with Gasteiger partial charge in [-0.1, -0.05) is 24.3 Å². The molecule has 1 heterocycles. The Morgan fingerprint density at radius 2 is 2.08 bits per heavy atom. The molecule has 0 amide bonds. The van der Waals surface area contributed by atoms with Crippen LogP contribution in [0.1, 0.15) is 10.4 Å². The number of fused-ring (bicyclic) bond motifs is 3. The quantitative estimate of drug-likeness (QED) is 0.564. The average Bonchev–Trinajstić information content (AvgIpc) is 2.66. The van der Waals surface area contributed by atoms with Gasteiger partial charge in [0.25, 0.3) is 0 Å². The SMILES string of the molecule is Brc1csc2c1-c1ccccc1C2. The van der Waals surface area contributed by atoms with Crippen LogP contribution in [0.3, 0.4) is 0 Å². The Morgan fingerprint density at radius 3 is 3.00 bits per heavy atom. The van der Waals surface area contributed by atoms with Gasteiger partial charge in [-0.2, -0.15) is 0 Å². The zero-order chi connectivity index (χ0) is 8.84. The van der Waals surface area contributed by atoms with Crippen molar-refractivity contribution in [2.75, 3.05) is 0 Å². The van der Waals surface area contributed by atoms with Crippen LogP contribution < -0.4 is 0 Å². The molecule has 0 unspecified atom stereocenters. The molecule has 13 heavy (non-hydrogen) atoms. The molecule has 0 saturated heterocycles. The molecule has 1 aliphatic carbocycles. The van der Waals surface area contributed by atoms with E-state index in [1.807, 2.05) is 11.3 Å². The van der Waals surface area contributed by atoms with Crippen LogP contribution in [0.15, 0.2) is 34.1 Å². The lowest BCUT2D eigenvalue weighted by molar-refractivity contribution is 1.31. The summed E-state index contributed by atoms with van der Waals surface area (Å²) in [6, 6.07) is 8.65. The molecule has 0 saturated carbocycles. The molecule has 1 aromatic heterocycles. The maximum absolute atomic E-state index is 3.60. The van der Waals surface area contributed by atoms with E-state index >= 15 is 0 Å². The third-order valence-electron chi connectivity index (χ3n) is 2.46. The number of benzene rings is 1. The molecule has 0 bridgehead atoms. The van der Waals surface area contributed by atoms with Crippen LogP contribution in [0.2, 0.25) is 0 Å². The molecule has 0 atom stereocenters. The van der Waals surface area contributed by atoms with Crippen molar-refractivity contribution in [3.05, 3.63) is 44.6 Å². The molecular formula is C11H7BrS. The fourth-order valence-electron chi connectivity index (χ4n) is 1.87. The Bertz CT molecular complexity index is 471. The highest BCUT2D eigenvalue weighted by Crippen LogP contribution is 2.44. The van der Waals surface area contributed by atoms with Crippen molar-refractivity contribution < 1.29 is 0 Å². The number of hydrogen-bond donors (Lipinski definition) is 0. The fraction of sp³-hybridized carbons (Fsp3) is 0.0909. The molecular weight excluding hydrogens is 244 g/mol. The summed E-state index contributed by atoms with van der Waals surface area (Å²) in [5, 5.41) is 2.18. The first kappa shape index (κ1) is 7.77. The van der Waals surface area contributed by atoms with Gasteiger partial charge in [0.2, 0.25) is 0 Å². The maximum Gasteiger partial charge on any atom is 0.0363 e. The van der Waals surface area contributed by atoms with E-state index in [0.717, 1.165) is 6.42 Å². The standard InChI is InChI=1S/C11H7BrS/c12-9-6-13-10-5-7-3-1-2-4-8(7)11(9)10/h1-4,6H,5H2. The summed E-state index contributed by atoms with van der Waals surface area (Å²) in [4.78, 5) is 1.49. The lowest BCUT2D eigenvalue weighted by Gasteiger charge is -1.97. The molecule has 1 aliphatic rings. The smallest absolute Gasteiger partial charge is 0.0363 e. The minimum absolute atomic E-state index is 1.11. The molecule has 1 aromatic carbocycles. The molecule has 0 N–H and O–H groups in total. The second kappa shape index (κ2) is 2.69. The predicted molar refractivity (Wildman–Crippen MR) is 60.3 cm³/mol. The van der Waals surface area contributed by atoms with Gasteiger partial charge in [0.05, 0.1) is 0 Å². The van der Waals surface area contributed by atoms with Crippen LogP contribution >= 0.6 is 27.3 Å². The van der Waals surface area contributed by atoms with E-state index in [0.29, 0.717) is 0 Å². The summed E-state index contributed by atoms with van der Waals surface area (Å²) < 4.78 is 1.25. The Labute approximate surface area is 89.4 Å². The fourth-order valence-corrected chi connectivity index (χ4v) is 3.68. The van der Waals surface area contributed by atoms with Gasteiger partial charge < -0.3 is 0 Å². The summed E-state index contributed by atoms with van der Waals surface area (Å²) >= 11 is 5.45. The van der Waals surface area contributed by atoms with E-state index in [9.17, 15) is 0 Å². The molecule has 2 aromatic rings. The lowest BCUT2D eigenvalue weighted by Crippen LogP contribution is -1.77. The monoisotopic (exact) mass is 250 g/mol. The van der Waals surface area contributed by atoms with Crippen LogP contribution in [0.25, 0.3) is 11.1 Å². The molecule has 3 rings (SSSR count). The highest BCUT2D eigenvalue weighted by molar-refractivity contribution is 9.10. The summed E-state index contributed by atoms with van der Waals surface area (Å²) in [5.74, 6) is 0. The Kier molecular flexibility index (Phi) is 1.61.